The van der Waals surface area contributed by atoms with E-state index in [-0.39, 0.29) is 11.2 Å². The summed E-state index contributed by atoms with van der Waals surface area (Å²) < 4.78 is 1.43. The van der Waals surface area contributed by atoms with E-state index < -0.39 is 4.92 Å². The minimum absolute atomic E-state index is 0.00395. The number of non-ortho nitro benzene ring substituents is 1. The molecule has 2 aromatic carbocycles. The Labute approximate surface area is 159 Å². The van der Waals surface area contributed by atoms with Crippen LogP contribution in [0.2, 0.25) is 0 Å². The molecule has 0 aliphatic heterocycles. The molecule has 7 heteroatoms. The van der Waals surface area contributed by atoms with E-state index in [0.717, 1.165) is 0 Å². The summed E-state index contributed by atoms with van der Waals surface area (Å²) in [4.78, 5) is 32.4. The summed E-state index contributed by atoms with van der Waals surface area (Å²) in [5.74, 6) is 0.832. The number of aromatic nitrogens is 3. The summed E-state index contributed by atoms with van der Waals surface area (Å²) in [7, 11) is 0. The van der Waals surface area contributed by atoms with Gasteiger partial charge in [-0.3, -0.25) is 14.9 Å². The van der Waals surface area contributed by atoms with Crippen LogP contribution in [-0.2, 0) is 0 Å². The molecular formula is C21H14N4O3. The summed E-state index contributed by atoms with van der Waals surface area (Å²) in [5.41, 5.74) is 0.960. The zero-order valence-corrected chi connectivity index (χ0v) is 14.6. The SMILES string of the molecule is O=c1c2ccccc2nc(C=Cc2cccc([N+](=O)[O-])c2)n1-c1ccccn1. The van der Waals surface area contributed by atoms with Gasteiger partial charge in [0.05, 0.1) is 15.8 Å². The van der Waals surface area contributed by atoms with Crippen molar-refractivity contribution in [3.63, 3.8) is 0 Å². The number of para-hydroxylation sites is 1. The van der Waals surface area contributed by atoms with Crippen LogP contribution in [0.1, 0.15) is 11.4 Å². The lowest BCUT2D eigenvalue weighted by atomic mass is 10.2. The predicted molar refractivity (Wildman–Crippen MR) is 107 cm³/mol. The van der Waals surface area contributed by atoms with Crippen molar-refractivity contribution in [1.29, 1.82) is 0 Å². The molecule has 28 heavy (non-hydrogen) atoms. The summed E-state index contributed by atoms with van der Waals surface area (Å²) in [6.45, 7) is 0. The normalized spacial score (nSPS) is 11.1. The van der Waals surface area contributed by atoms with E-state index in [9.17, 15) is 14.9 Å². The van der Waals surface area contributed by atoms with Crippen LogP contribution >= 0.6 is 0 Å². The Bertz CT molecular complexity index is 1260. The third kappa shape index (κ3) is 3.28. The first-order valence-electron chi connectivity index (χ1n) is 8.49. The number of pyridine rings is 1. The van der Waals surface area contributed by atoms with Crippen molar-refractivity contribution in [3.05, 3.63) is 105 Å². The van der Waals surface area contributed by atoms with Gasteiger partial charge in [0.2, 0.25) is 0 Å². The molecule has 0 aliphatic carbocycles. The van der Waals surface area contributed by atoms with Crippen LogP contribution < -0.4 is 5.56 Å². The number of rotatable bonds is 4. The van der Waals surface area contributed by atoms with Crippen molar-refractivity contribution in [3.8, 4) is 5.82 Å². The van der Waals surface area contributed by atoms with Crippen molar-refractivity contribution in [1.82, 2.24) is 14.5 Å². The highest BCUT2D eigenvalue weighted by Crippen LogP contribution is 2.17. The van der Waals surface area contributed by atoms with Gasteiger partial charge < -0.3 is 0 Å². The summed E-state index contributed by atoms with van der Waals surface area (Å²) in [5, 5.41) is 11.5. The molecule has 136 valence electrons. The van der Waals surface area contributed by atoms with Gasteiger partial charge in [-0.15, -0.1) is 0 Å². The zero-order valence-electron chi connectivity index (χ0n) is 14.6. The van der Waals surface area contributed by atoms with Crippen molar-refractivity contribution in [2.75, 3.05) is 0 Å². The van der Waals surface area contributed by atoms with Gasteiger partial charge >= 0.3 is 0 Å². The van der Waals surface area contributed by atoms with Crippen LogP contribution in [0, 0.1) is 10.1 Å². The lowest BCUT2D eigenvalue weighted by Gasteiger charge is -2.10. The van der Waals surface area contributed by atoms with E-state index in [1.807, 2.05) is 6.07 Å². The highest BCUT2D eigenvalue weighted by molar-refractivity contribution is 5.80. The van der Waals surface area contributed by atoms with Crippen molar-refractivity contribution in [2.45, 2.75) is 0 Å². The van der Waals surface area contributed by atoms with Crippen molar-refractivity contribution in [2.24, 2.45) is 0 Å². The number of fused-ring (bicyclic) bond motifs is 1. The summed E-state index contributed by atoms with van der Waals surface area (Å²) >= 11 is 0. The van der Waals surface area contributed by atoms with Gasteiger partial charge in [-0.25, -0.2) is 14.5 Å². The Morgan fingerprint density at radius 3 is 2.57 bits per heavy atom. The number of hydrogen-bond acceptors (Lipinski definition) is 5. The Morgan fingerprint density at radius 1 is 0.964 bits per heavy atom. The minimum atomic E-state index is -0.449. The second-order valence-corrected chi connectivity index (χ2v) is 6.00. The number of nitro groups is 1. The van der Waals surface area contributed by atoms with Gasteiger partial charge in [-0.05, 0) is 35.9 Å². The first-order chi connectivity index (χ1) is 13.6. The first-order valence-corrected chi connectivity index (χ1v) is 8.49. The average molecular weight is 370 g/mol. The van der Waals surface area contributed by atoms with Crippen LogP contribution in [0.4, 0.5) is 5.69 Å². The van der Waals surface area contributed by atoms with Gasteiger partial charge in [-0.1, -0.05) is 36.4 Å². The molecule has 0 spiro atoms. The van der Waals surface area contributed by atoms with E-state index in [0.29, 0.717) is 28.1 Å². The second kappa shape index (κ2) is 7.24. The van der Waals surface area contributed by atoms with Crippen molar-refractivity contribution < 1.29 is 4.92 Å². The molecule has 0 fully saturated rings. The molecule has 0 aliphatic rings. The Hall–Kier alpha value is -4.13. The number of nitrogens with zero attached hydrogens (tertiary/aromatic N) is 4. The van der Waals surface area contributed by atoms with Gasteiger partial charge in [0.15, 0.2) is 0 Å². The summed E-state index contributed by atoms with van der Waals surface area (Å²) in [6.07, 6.45) is 4.94. The van der Waals surface area contributed by atoms with E-state index in [1.54, 1.807) is 66.9 Å². The standard InChI is InChI=1S/C21H14N4O3/c26-21-17-8-1-2-9-18(17)23-20(24(21)19-10-3-4-13-22-19)12-11-15-6-5-7-16(14-15)25(27)28/h1-14H. The number of benzene rings is 2. The molecule has 7 nitrogen and oxygen atoms in total. The number of hydrogen-bond donors (Lipinski definition) is 0. The maximum absolute atomic E-state index is 13.1. The molecular weight excluding hydrogens is 356 g/mol. The van der Waals surface area contributed by atoms with Crippen LogP contribution in [-0.4, -0.2) is 19.5 Å². The monoisotopic (exact) mass is 370 g/mol. The fourth-order valence-electron chi connectivity index (χ4n) is 2.88. The van der Waals surface area contributed by atoms with Crippen LogP contribution in [0.25, 0.3) is 28.9 Å². The number of nitro benzene ring substituents is 1. The maximum atomic E-state index is 13.1. The molecule has 0 saturated carbocycles. The largest absolute Gasteiger partial charge is 0.270 e. The Balaban J connectivity index is 1.89. The third-order valence-corrected chi connectivity index (χ3v) is 4.19. The smallest absolute Gasteiger partial charge is 0.268 e. The van der Waals surface area contributed by atoms with Gasteiger partial charge in [0.1, 0.15) is 11.6 Å². The van der Waals surface area contributed by atoms with Gasteiger partial charge in [-0.2, -0.15) is 0 Å². The fraction of sp³-hybridized carbons (Fsp3) is 0. The quantitative estimate of drug-likeness (QED) is 0.402. The molecule has 2 aromatic heterocycles. The third-order valence-electron chi connectivity index (χ3n) is 4.19. The van der Waals surface area contributed by atoms with Crippen molar-refractivity contribution >= 4 is 28.7 Å². The highest BCUT2D eigenvalue weighted by Gasteiger charge is 2.11. The highest BCUT2D eigenvalue weighted by atomic mass is 16.6. The molecule has 0 radical (unpaired) electrons. The van der Waals surface area contributed by atoms with E-state index in [2.05, 4.69) is 9.97 Å². The molecule has 0 atom stereocenters. The molecule has 0 N–H and O–H groups in total. The lowest BCUT2D eigenvalue weighted by molar-refractivity contribution is -0.384. The molecule has 0 saturated heterocycles. The molecule has 0 bridgehead atoms. The first kappa shape index (κ1) is 17.3. The summed E-state index contributed by atoms with van der Waals surface area (Å²) in [6, 6.07) is 18.6. The second-order valence-electron chi connectivity index (χ2n) is 6.00. The van der Waals surface area contributed by atoms with Gasteiger partial charge in [0.25, 0.3) is 11.2 Å². The molecule has 2 heterocycles. The topological polar surface area (TPSA) is 90.9 Å². The van der Waals surface area contributed by atoms with E-state index in [4.69, 9.17) is 0 Å². The zero-order chi connectivity index (χ0) is 19.5. The van der Waals surface area contributed by atoms with Crippen LogP contribution in [0.3, 0.4) is 0 Å². The lowest BCUT2D eigenvalue weighted by Crippen LogP contribution is -2.23. The van der Waals surface area contributed by atoms with E-state index >= 15 is 0 Å². The van der Waals surface area contributed by atoms with Crippen LogP contribution in [0.15, 0.2) is 77.7 Å². The van der Waals surface area contributed by atoms with Crippen LogP contribution in [0.5, 0.6) is 0 Å². The Kier molecular flexibility index (Phi) is 4.47. The molecule has 0 amide bonds. The maximum Gasteiger partial charge on any atom is 0.270 e. The van der Waals surface area contributed by atoms with E-state index in [1.165, 1.54) is 16.7 Å². The molecule has 4 aromatic rings. The fourth-order valence-corrected chi connectivity index (χ4v) is 2.88. The molecule has 4 rings (SSSR count). The Morgan fingerprint density at radius 2 is 1.79 bits per heavy atom. The average Bonchev–Trinajstić information content (AvgIpc) is 2.73. The minimum Gasteiger partial charge on any atom is -0.268 e. The predicted octanol–water partition coefficient (Wildman–Crippen LogP) is 3.86. The molecule has 0 unspecified atom stereocenters. The van der Waals surface area contributed by atoms with Gasteiger partial charge in [0, 0.05) is 18.3 Å².